The van der Waals surface area contributed by atoms with Gasteiger partial charge in [-0.15, -0.1) is 0 Å². The fourth-order valence-corrected chi connectivity index (χ4v) is 3.39. The lowest BCUT2D eigenvalue weighted by Gasteiger charge is -2.20. The average molecular weight is 356 g/mol. The van der Waals surface area contributed by atoms with E-state index in [4.69, 9.17) is 4.74 Å². The number of quaternary nitrogens is 1. The number of nitrogens with zero attached hydrogens (tertiary/aromatic N) is 2. The van der Waals surface area contributed by atoms with Gasteiger partial charge in [-0.2, -0.15) is 0 Å². The summed E-state index contributed by atoms with van der Waals surface area (Å²) in [5.74, 6) is 0.613. The fraction of sp³-hybridized carbons (Fsp3) is 0.263. The molecule has 1 amide bonds. The molecule has 0 radical (unpaired) electrons. The summed E-state index contributed by atoms with van der Waals surface area (Å²) < 4.78 is 6.71. The lowest BCUT2D eigenvalue weighted by molar-refractivity contribution is -0.856. The average Bonchev–Trinajstić information content (AvgIpc) is 3.04. The van der Waals surface area contributed by atoms with Crippen LogP contribution in [0.1, 0.15) is 0 Å². The summed E-state index contributed by atoms with van der Waals surface area (Å²) in [4.78, 5) is 20.4. The van der Waals surface area contributed by atoms with Gasteiger partial charge in [-0.05, 0) is 24.3 Å². The first-order valence-electron chi connectivity index (χ1n) is 8.26. The van der Waals surface area contributed by atoms with Crippen molar-refractivity contribution in [2.75, 3.05) is 38.7 Å². The number of para-hydroxylation sites is 2. The van der Waals surface area contributed by atoms with Crippen LogP contribution in [0.2, 0.25) is 0 Å². The summed E-state index contributed by atoms with van der Waals surface area (Å²) in [5.41, 5.74) is 0.918. The normalized spacial score (nSPS) is 11.0. The Hall–Kier alpha value is -2.44. The van der Waals surface area contributed by atoms with Crippen LogP contribution in [0.15, 0.2) is 54.6 Å². The first kappa shape index (κ1) is 17.4. The van der Waals surface area contributed by atoms with E-state index in [0.717, 1.165) is 21.9 Å². The smallest absolute Gasteiger partial charge is 0.266 e. The summed E-state index contributed by atoms with van der Waals surface area (Å²) in [7, 11) is 4.14. The Kier molecular flexibility index (Phi) is 5.63. The third-order valence-corrected chi connectivity index (χ3v) is 4.81. The number of rotatable bonds is 7. The molecule has 6 heteroatoms. The molecule has 0 aliphatic carbocycles. The molecule has 3 rings (SSSR count). The Balaban J connectivity index is 1.77. The quantitative estimate of drug-likeness (QED) is 0.703. The SMILES string of the molecule is C[NH+](C)CCN(C(=O)COc1ccccc1)c1nc2ccccc2s1. The second kappa shape index (κ2) is 8.09. The highest BCUT2D eigenvalue weighted by Crippen LogP contribution is 2.28. The zero-order valence-electron chi connectivity index (χ0n) is 14.4. The molecule has 0 spiro atoms. The number of anilines is 1. The molecule has 0 saturated carbocycles. The van der Waals surface area contributed by atoms with Gasteiger partial charge < -0.3 is 9.64 Å². The van der Waals surface area contributed by atoms with E-state index < -0.39 is 0 Å². The van der Waals surface area contributed by atoms with Crippen molar-refractivity contribution >= 4 is 32.6 Å². The molecule has 0 bridgehead atoms. The van der Waals surface area contributed by atoms with Crippen molar-refractivity contribution < 1.29 is 14.4 Å². The number of amides is 1. The van der Waals surface area contributed by atoms with Crippen molar-refractivity contribution in [3.8, 4) is 5.75 Å². The van der Waals surface area contributed by atoms with Gasteiger partial charge in [-0.25, -0.2) is 4.98 Å². The van der Waals surface area contributed by atoms with Crippen LogP contribution >= 0.6 is 11.3 Å². The van der Waals surface area contributed by atoms with E-state index in [9.17, 15) is 4.79 Å². The largest absolute Gasteiger partial charge is 0.484 e. The molecule has 0 atom stereocenters. The van der Waals surface area contributed by atoms with Crippen molar-refractivity contribution in [1.82, 2.24) is 4.98 Å². The van der Waals surface area contributed by atoms with Gasteiger partial charge in [0, 0.05) is 0 Å². The number of ether oxygens (including phenoxy) is 1. The Labute approximate surface area is 151 Å². The molecule has 1 aromatic heterocycles. The zero-order valence-corrected chi connectivity index (χ0v) is 15.3. The molecule has 130 valence electrons. The van der Waals surface area contributed by atoms with Gasteiger partial charge >= 0.3 is 0 Å². The first-order chi connectivity index (χ1) is 12.1. The standard InChI is InChI=1S/C19H21N3O2S/c1-21(2)12-13-22(18(23)14-24-15-8-4-3-5-9-15)19-20-16-10-6-7-11-17(16)25-19/h3-11H,12-14H2,1-2H3/p+1. The summed E-state index contributed by atoms with van der Waals surface area (Å²) in [6.07, 6.45) is 0. The van der Waals surface area contributed by atoms with Crippen LogP contribution < -0.4 is 14.5 Å². The highest BCUT2D eigenvalue weighted by atomic mass is 32.1. The first-order valence-corrected chi connectivity index (χ1v) is 9.08. The number of fused-ring (bicyclic) bond motifs is 1. The van der Waals surface area contributed by atoms with Crippen LogP contribution in [-0.4, -0.2) is 44.7 Å². The Morgan fingerprint density at radius 3 is 2.56 bits per heavy atom. The Morgan fingerprint density at radius 2 is 1.84 bits per heavy atom. The number of hydrogen-bond donors (Lipinski definition) is 1. The summed E-state index contributed by atoms with van der Waals surface area (Å²) >= 11 is 1.54. The number of hydrogen-bond acceptors (Lipinski definition) is 4. The van der Waals surface area contributed by atoms with Crippen molar-refractivity contribution in [2.45, 2.75) is 0 Å². The predicted molar refractivity (Wildman–Crippen MR) is 102 cm³/mol. The van der Waals surface area contributed by atoms with E-state index in [1.807, 2.05) is 54.6 Å². The zero-order chi connectivity index (χ0) is 17.6. The van der Waals surface area contributed by atoms with Gasteiger partial charge in [-0.3, -0.25) is 9.69 Å². The topological polar surface area (TPSA) is 46.9 Å². The molecule has 0 aliphatic heterocycles. The minimum Gasteiger partial charge on any atom is -0.484 e. The lowest BCUT2D eigenvalue weighted by atomic mass is 10.3. The maximum atomic E-state index is 12.8. The van der Waals surface area contributed by atoms with Crippen molar-refractivity contribution in [3.63, 3.8) is 0 Å². The number of carbonyl (C=O) groups excluding carboxylic acids is 1. The molecule has 0 saturated heterocycles. The maximum Gasteiger partial charge on any atom is 0.266 e. The molecule has 0 fully saturated rings. The summed E-state index contributed by atoms with van der Waals surface area (Å²) in [6.45, 7) is 1.45. The van der Waals surface area contributed by atoms with E-state index in [1.54, 1.807) is 4.90 Å². The van der Waals surface area contributed by atoms with Crippen LogP contribution in [0.4, 0.5) is 5.13 Å². The van der Waals surface area contributed by atoms with Gasteiger partial charge in [0.15, 0.2) is 11.7 Å². The Morgan fingerprint density at radius 1 is 1.12 bits per heavy atom. The van der Waals surface area contributed by atoms with E-state index in [1.165, 1.54) is 16.2 Å². The molecule has 25 heavy (non-hydrogen) atoms. The highest BCUT2D eigenvalue weighted by Gasteiger charge is 2.21. The number of carbonyl (C=O) groups is 1. The summed E-state index contributed by atoms with van der Waals surface area (Å²) in [5, 5.41) is 0.726. The van der Waals surface area contributed by atoms with Gasteiger partial charge in [0.2, 0.25) is 0 Å². The number of likely N-dealkylation sites (N-methyl/N-ethyl adjacent to an activating group) is 1. The van der Waals surface area contributed by atoms with Gasteiger partial charge in [0.25, 0.3) is 5.91 Å². The summed E-state index contributed by atoms with van der Waals surface area (Å²) in [6, 6.07) is 17.3. The highest BCUT2D eigenvalue weighted by molar-refractivity contribution is 7.22. The second-order valence-electron chi connectivity index (χ2n) is 6.07. The molecule has 2 aromatic carbocycles. The monoisotopic (exact) mass is 356 g/mol. The van der Waals surface area contributed by atoms with Crippen LogP contribution in [-0.2, 0) is 4.79 Å². The van der Waals surface area contributed by atoms with Crippen molar-refractivity contribution in [2.24, 2.45) is 0 Å². The second-order valence-corrected chi connectivity index (χ2v) is 7.08. The number of nitrogens with one attached hydrogen (secondary N) is 1. The van der Waals surface area contributed by atoms with E-state index in [-0.39, 0.29) is 12.5 Å². The Bertz CT molecular complexity index is 800. The third-order valence-electron chi connectivity index (χ3n) is 3.76. The number of aromatic nitrogens is 1. The molecule has 1 heterocycles. The molecule has 0 aliphatic rings. The van der Waals surface area contributed by atoms with Crippen LogP contribution in [0.5, 0.6) is 5.75 Å². The van der Waals surface area contributed by atoms with Crippen molar-refractivity contribution in [1.29, 1.82) is 0 Å². The lowest BCUT2D eigenvalue weighted by Crippen LogP contribution is -3.06. The predicted octanol–water partition coefficient (Wildman–Crippen LogP) is 1.85. The molecular formula is C19H22N3O2S+. The molecule has 1 N–H and O–H groups in total. The van der Waals surface area contributed by atoms with Gasteiger partial charge in [0.1, 0.15) is 5.75 Å². The minimum atomic E-state index is -0.0795. The third kappa shape index (κ3) is 4.55. The van der Waals surface area contributed by atoms with Gasteiger partial charge in [0.05, 0.1) is 37.4 Å². The van der Waals surface area contributed by atoms with Crippen molar-refractivity contribution in [3.05, 3.63) is 54.6 Å². The molecule has 5 nitrogen and oxygen atoms in total. The van der Waals surface area contributed by atoms with E-state index in [0.29, 0.717) is 12.3 Å². The van der Waals surface area contributed by atoms with Crippen LogP contribution in [0, 0.1) is 0 Å². The minimum absolute atomic E-state index is 0.00268. The van der Waals surface area contributed by atoms with E-state index >= 15 is 0 Å². The molecule has 0 unspecified atom stereocenters. The van der Waals surface area contributed by atoms with Crippen LogP contribution in [0.25, 0.3) is 10.2 Å². The molecule has 3 aromatic rings. The molecular weight excluding hydrogens is 334 g/mol. The number of benzene rings is 2. The van der Waals surface area contributed by atoms with Crippen LogP contribution in [0.3, 0.4) is 0 Å². The van der Waals surface area contributed by atoms with E-state index in [2.05, 4.69) is 19.1 Å². The van der Waals surface area contributed by atoms with Gasteiger partial charge in [-0.1, -0.05) is 41.7 Å². The number of thiazole rings is 1. The fourth-order valence-electron chi connectivity index (χ4n) is 2.38. The maximum absolute atomic E-state index is 12.8.